The molecule has 15 heavy (non-hydrogen) atoms. The summed E-state index contributed by atoms with van der Waals surface area (Å²) in [6, 6.07) is 7.75. The maximum absolute atomic E-state index is 9.15. The van der Waals surface area contributed by atoms with Crippen molar-refractivity contribution in [3.05, 3.63) is 29.8 Å². The van der Waals surface area contributed by atoms with E-state index in [1.165, 1.54) is 0 Å². The van der Waals surface area contributed by atoms with Gasteiger partial charge in [0.15, 0.2) is 0 Å². The summed E-state index contributed by atoms with van der Waals surface area (Å²) in [5, 5.41) is 20.8. The molecule has 4 nitrogen and oxygen atoms in total. The minimum Gasteiger partial charge on any atom is -0.394 e. The average molecular weight is 211 g/mol. The lowest BCUT2D eigenvalue weighted by molar-refractivity contribution is 0.105. The van der Waals surface area contributed by atoms with Crippen molar-refractivity contribution in [1.82, 2.24) is 0 Å². The number of benzene rings is 1. The minimum atomic E-state index is -0.726. The Kier molecular flexibility index (Phi) is 5.10. The number of hydrogen-bond acceptors (Lipinski definition) is 4. The first-order valence-corrected chi connectivity index (χ1v) is 4.87. The normalized spacial score (nSPS) is 12.5. The number of nitrogens with one attached hydrogen (secondary N) is 1. The van der Waals surface area contributed by atoms with Gasteiger partial charge in [0.1, 0.15) is 0 Å². The Labute approximate surface area is 89.5 Å². The zero-order valence-corrected chi connectivity index (χ0v) is 8.81. The highest BCUT2D eigenvalue weighted by Gasteiger charge is 2.01. The predicted molar refractivity (Wildman–Crippen MR) is 58.7 cm³/mol. The Bertz CT molecular complexity index is 291. The van der Waals surface area contributed by atoms with Crippen molar-refractivity contribution in [1.29, 1.82) is 0 Å². The molecule has 0 spiro atoms. The van der Waals surface area contributed by atoms with Crippen molar-refractivity contribution in [2.45, 2.75) is 12.7 Å². The van der Waals surface area contributed by atoms with E-state index in [1.54, 1.807) is 7.11 Å². The van der Waals surface area contributed by atoms with Crippen LogP contribution in [0, 0.1) is 0 Å². The third-order valence-electron chi connectivity index (χ3n) is 1.99. The van der Waals surface area contributed by atoms with E-state index in [4.69, 9.17) is 14.9 Å². The first kappa shape index (κ1) is 12.0. The Morgan fingerprint density at radius 3 is 2.93 bits per heavy atom. The van der Waals surface area contributed by atoms with Gasteiger partial charge in [-0.1, -0.05) is 12.1 Å². The summed E-state index contributed by atoms with van der Waals surface area (Å²) in [7, 11) is 1.65. The number of aliphatic hydroxyl groups is 2. The summed E-state index contributed by atoms with van der Waals surface area (Å²) in [5.41, 5.74) is 1.98. The van der Waals surface area contributed by atoms with Gasteiger partial charge in [-0.3, -0.25) is 0 Å². The van der Waals surface area contributed by atoms with Crippen LogP contribution in [0.15, 0.2) is 24.3 Å². The van der Waals surface area contributed by atoms with E-state index in [-0.39, 0.29) is 6.61 Å². The van der Waals surface area contributed by atoms with Gasteiger partial charge >= 0.3 is 0 Å². The monoisotopic (exact) mass is 211 g/mol. The number of methoxy groups -OCH3 is 1. The summed E-state index contributed by atoms with van der Waals surface area (Å²) in [6.07, 6.45) is -0.726. The molecular weight excluding hydrogens is 194 g/mol. The lowest BCUT2D eigenvalue weighted by atomic mass is 10.2. The number of hydrogen-bond donors (Lipinski definition) is 3. The molecule has 0 amide bonds. The van der Waals surface area contributed by atoms with Gasteiger partial charge in [0.05, 0.1) is 19.3 Å². The quantitative estimate of drug-likeness (QED) is 0.644. The molecule has 0 fully saturated rings. The fourth-order valence-electron chi connectivity index (χ4n) is 1.24. The molecule has 1 aromatic carbocycles. The highest BCUT2D eigenvalue weighted by molar-refractivity contribution is 5.45. The van der Waals surface area contributed by atoms with Gasteiger partial charge < -0.3 is 20.3 Å². The van der Waals surface area contributed by atoms with E-state index < -0.39 is 6.10 Å². The molecule has 1 aromatic rings. The summed E-state index contributed by atoms with van der Waals surface area (Å²) >= 11 is 0. The average Bonchev–Trinajstić information content (AvgIpc) is 2.27. The summed E-state index contributed by atoms with van der Waals surface area (Å²) in [6.45, 7) is 0.676. The highest BCUT2D eigenvalue weighted by atomic mass is 16.5. The summed E-state index contributed by atoms with van der Waals surface area (Å²) in [5.74, 6) is 0. The third-order valence-corrected chi connectivity index (χ3v) is 1.99. The maximum atomic E-state index is 9.15. The molecule has 0 aliphatic rings. The Morgan fingerprint density at radius 2 is 2.27 bits per heavy atom. The SMILES string of the molecule is COCc1cccc(NC[C@H](O)CO)c1. The van der Waals surface area contributed by atoms with Crippen molar-refractivity contribution >= 4 is 5.69 Å². The molecule has 3 N–H and O–H groups in total. The van der Waals surface area contributed by atoms with Gasteiger partial charge in [0, 0.05) is 19.3 Å². The van der Waals surface area contributed by atoms with Gasteiger partial charge in [0.25, 0.3) is 0 Å². The third kappa shape index (κ3) is 4.29. The number of ether oxygens (including phenoxy) is 1. The van der Waals surface area contributed by atoms with Gasteiger partial charge in [-0.15, -0.1) is 0 Å². The first-order valence-electron chi connectivity index (χ1n) is 4.87. The van der Waals surface area contributed by atoms with Gasteiger partial charge in [-0.05, 0) is 17.7 Å². The summed E-state index contributed by atoms with van der Waals surface area (Å²) in [4.78, 5) is 0. The fourth-order valence-corrected chi connectivity index (χ4v) is 1.24. The Morgan fingerprint density at radius 1 is 1.47 bits per heavy atom. The maximum Gasteiger partial charge on any atom is 0.0942 e. The number of rotatable bonds is 6. The van der Waals surface area contributed by atoms with E-state index in [9.17, 15) is 0 Å². The molecule has 0 radical (unpaired) electrons. The molecule has 0 unspecified atom stereocenters. The van der Waals surface area contributed by atoms with Crippen LogP contribution in [-0.2, 0) is 11.3 Å². The van der Waals surface area contributed by atoms with Crippen molar-refractivity contribution < 1.29 is 14.9 Å². The van der Waals surface area contributed by atoms with Crippen LogP contribution in [0.4, 0.5) is 5.69 Å². The molecule has 1 atom stereocenters. The second kappa shape index (κ2) is 6.40. The molecule has 84 valence electrons. The van der Waals surface area contributed by atoms with Crippen molar-refractivity contribution in [2.24, 2.45) is 0 Å². The van der Waals surface area contributed by atoms with E-state index in [0.29, 0.717) is 13.2 Å². The molecule has 0 aliphatic heterocycles. The largest absolute Gasteiger partial charge is 0.394 e. The van der Waals surface area contributed by atoms with Crippen LogP contribution in [0.25, 0.3) is 0 Å². The lowest BCUT2D eigenvalue weighted by Crippen LogP contribution is -2.22. The van der Waals surface area contributed by atoms with E-state index in [2.05, 4.69) is 5.32 Å². The van der Waals surface area contributed by atoms with Gasteiger partial charge in [-0.2, -0.15) is 0 Å². The molecule has 1 rings (SSSR count). The second-order valence-corrected chi connectivity index (χ2v) is 3.35. The zero-order valence-electron chi connectivity index (χ0n) is 8.81. The molecule has 0 saturated carbocycles. The molecule has 0 saturated heterocycles. The number of aliphatic hydroxyl groups excluding tert-OH is 2. The van der Waals surface area contributed by atoms with E-state index in [1.807, 2.05) is 24.3 Å². The highest BCUT2D eigenvalue weighted by Crippen LogP contribution is 2.11. The Hall–Kier alpha value is -1.10. The smallest absolute Gasteiger partial charge is 0.0942 e. The molecule has 0 aromatic heterocycles. The van der Waals surface area contributed by atoms with E-state index in [0.717, 1.165) is 11.3 Å². The lowest BCUT2D eigenvalue weighted by Gasteiger charge is -2.11. The van der Waals surface area contributed by atoms with Crippen LogP contribution < -0.4 is 5.32 Å². The van der Waals surface area contributed by atoms with Crippen molar-refractivity contribution in [3.8, 4) is 0 Å². The second-order valence-electron chi connectivity index (χ2n) is 3.35. The van der Waals surface area contributed by atoms with Crippen LogP contribution in [0.3, 0.4) is 0 Å². The van der Waals surface area contributed by atoms with Gasteiger partial charge in [-0.25, -0.2) is 0 Å². The Balaban J connectivity index is 2.50. The standard InChI is InChI=1S/C11H17NO3/c1-15-8-9-3-2-4-10(5-9)12-6-11(14)7-13/h2-5,11-14H,6-8H2,1H3/t11-/m0/s1. The van der Waals surface area contributed by atoms with Crippen LogP contribution in [0.2, 0.25) is 0 Å². The number of anilines is 1. The van der Waals surface area contributed by atoms with Crippen molar-refractivity contribution in [2.75, 3.05) is 25.6 Å². The molecule has 0 bridgehead atoms. The minimum absolute atomic E-state index is 0.231. The van der Waals surface area contributed by atoms with E-state index >= 15 is 0 Å². The predicted octanol–water partition coefficient (Wildman–Crippen LogP) is 0.598. The fraction of sp³-hybridized carbons (Fsp3) is 0.455. The molecular formula is C11H17NO3. The zero-order chi connectivity index (χ0) is 11.1. The molecule has 0 heterocycles. The molecule has 0 aliphatic carbocycles. The van der Waals surface area contributed by atoms with Crippen LogP contribution in [-0.4, -0.2) is 36.6 Å². The van der Waals surface area contributed by atoms with Crippen LogP contribution >= 0.6 is 0 Å². The van der Waals surface area contributed by atoms with Gasteiger partial charge in [0.2, 0.25) is 0 Å². The van der Waals surface area contributed by atoms with Crippen LogP contribution in [0.1, 0.15) is 5.56 Å². The first-order chi connectivity index (χ1) is 7.26. The topological polar surface area (TPSA) is 61.7 Å². The summed E-state index contributed by atoms with van der Waals surface area (Å²) < 4.78 is 5.01. The molecule has 4 heteroatoms. The van der Waals surface area contributed by atoms with Crippen molar-refractivity contribution in [3.63, 3.8) is 0 Å². The van der Waals surface area contributed by atoms with Crippen LogP contribution in [0.5, 0.6) is 0 Å².